The minimum Gasteiger partial charge on any atom is -0.228 e. The lowest BCUT2D eigenvalue weighted by Gasteiger charge is -2.36. The lowest BCUT2D eigenvalue weighted by molar-refractivity contribution is 0.353. The predicted molar refractivity (Wildman–Crippen MR) is 199 cm³/mol. The standard InChI is InChI=1S/C46H36N2/c1-4-12-35(13-5-1)43-31-44(36-14-6-2-7-15-36)48-45(47-43)37-24-22-33(23-25-37)32-18-20-34(21-19-32)38-26-27-42-40(30-38)39-16-8-9-17-41(39)46(42)28-10-3-11-29-46/h1-2,4-9,12-27,30-31H,3,10-11,28-29H2. The van der Waals surface area contributed by atoms with Crippen molar-refractivity contribution in [2.24, 2.45) is 0 Å². The van der Waals surface area contributed by atoms with Crippen LogP contribution in [-0.4, -0.2) is 9.97 Å². The van der Waals surface area contributed by atoms with Crippen LogP contribution in [0.3, 0.4) is 0 Å². The third kappa shape index (κ3) is 4.96. The van der Waals surface area contributed by atoms with E-state index >= 15 is 0 Å². The maximum absolute atomic E-state index is 5.00. The van der Waals surface area contributed by atoms with Gasteiger partial charge in [-0.1, -0.05) is 165 Å². The second kappa shape index (κ2) is 11.9. The van der Waals surface area contributed by atoms with Crippen LogP contribution in [0.1, 0.15) is 43.2 Å². The Morgan fingerprint density at radius 2 is 0.833 bits per heavy atom. The van der Waals surface area contributed by atoms with Crippen LogP contribution in [0.15, 0.2) is 158 Å². The quantitative estimate of drug-likeness (QED) is 0.192. The van der Waals surface area contributed by atoms with E-state index in [1.165, 1.54) is 71.0 Å². The van der Waals surface area contributed by atoms with E-state index in [9.17, 15) is 0 Å². The van der Waals surface area contributed by atoms with Crippen molar-refractivity contribution in [2.45, 2.75) is 37.5 Å². The molecular weight excluding hydrogens is 581 g/mol. The third-order valence-corrected chi connectivity index (χ3v) is 10.5. The van der Waals surface area contributed by atoms with Crippen LogP contribution in [-0.2, 0) is 5.41 Å². The topological polar surface area (TPSA) is 25.8 Å². The van der Waals surface area contributed by atoms with Crippen LogP contribution < -0.4 is 0 Å². The minimum atomic E-state index is 0.204. The third-order valence-electron chi connectivity index (χ3n) is 10.5. The molecule has 1 heterocycles. The maximum atomic E-state index is 5.00. The number of fused-ring (bicyclic) bond motifs is 5. The lowest BCUT2D eigenvalue weighted by atomic mass is 9.68. The average Bonchev–Trinajstić information content (AvgIpc) is 3.43. The fourth-order valence-corrected chi connectivity index (χ4v) is 8.10. The molecule has 2 aliphatic rings. The van der Waals surface area contributed by atoms with E-state index in [1.807, 2.05) is 12.1 Å². The Hall–Kier alpha value is -5.60. The van der Waals surface area contributed by atoms with Gasteiger partial charge in [-0.2, -0.15) is 0 Å². The first-order valence-corrected chi connectivity index (χ1v) is 17.2. The summed E-state index contributed by atoms with van der Waals surface area (Å²) in [6.07, 6.45) is 6.53. The summed E-state index contributed by atoms with van der Waals surface area (Å²) in [5.74, 6) is 0.727. The summed E-state index contributed by atoms with van der Waals surface area (Å²) in [4.78, 5) is 10.0. The largest absolute Gasteiger partial charge is 0.228 e. The Morgan fingerprint density at radius 3 is 1.44 bits per heavy atom. The number of nitrogens with zero attached hydrogens (tertiary/aromatic N) is 2. The highest BCUT2D eigenvalue weighted by atomic mass is 14.9. The molecule has 0 atom stereocenters. The average molecular weight is 617 g/mol. The Kier molecular flexibility index (Phi) is 7.08. The van der Waals surface area contributed by atoms with Crippen molar-refractivity contribution < 1.29 is 0 Å². The number of hydrogen-bond donors (Lipinski definition) is 0. The second-order valence-corrected chi connectivity index (χ2v) is 13.3. The van der Waals surface area contributed by atoms with Crippen LogP contribution in [0, 0.1) is 0 Å². The summed E-state index contributed by atoms with van der Waals surface area (Å²) in [6, 6.07) is 56.8. The van der Waals surface area contributed by atoms with Gasteiger partial charge in [0.15, 0.2) is 5.82 Å². The molecule has 2 nitrogen and oxygen atoms in total. The molecule has 0 radical (unpaired) electrons. The molecule has 1 aromatic heterocycles. The van der Waals surface area contributed by atoms with Gasteiger partial charge in [0.2, 0.25) is 0 Å². The summed E-state index contributed by atoms with van der Waals surface area (Å²) in [7, 11) is 0. The zero-order chi connectivity index (χ0) is 31.9. The fourth-order valence-electron chi connectivity index (χ4n) is 8.10. The highest BCUT2D eigenvalue weighted by Crippen LogP contribution is 2.56. The number of hydrogen-bond acceptors (Lipinski definition) is 2. The van der Waals surface area contributed by atoms with Crippen molar-refractivity contribution in [3.05, 3.63) is 169 Å². The van der Waals surface area contributed by atoms with Gasteiger partial charge in [-0.3, -0.25) is 0 Å². The monoisotopic (exact) mass is 616 g/mol. The van der Waals surface area contributed by atoms with E-state index in [4.69, 9.17) is 9.97 Å². The van der Waals surface area contributed by atoms with Gasteiger partial charge < -0.3 is 0 Å². The van der Waals surface area contributed by atoms with Crippen molar-refractivity contribution >= 4 is 0 Å². The van der Waals surface area contributed by atoms with Gasteiger partial charge >= 0.3 is 0 Å². The Balaban J connectivity index is 1.01. The minimum absolute atomic E-state index is 0.204. The zero-order valence-corrected chi connectivity index (χ0v) is 26.9. The van der Waals surface area contributed by atoms with E-state index in [-0.39, 0.29) is 5.41 Å². The number of benzene rings is 6. The second-order valence-electron chi connectivity index (χ2n) is 13.3. The van der Waals surface area contributed by atoms with Crippen LogP contribution in [0.4, 0.5) is 0 Å². The van der Waals surface area contributed by atoms with Crippen molar-refractivity contribution in [1.82, 2.24) is 9.97 Å². The predicted octanol–water partition coefficient (Wildman–Crippen LogP) is 12.0. The van der Waals surface area contributed by atoms with E-state index < -0.39 is 0 Å². The SMILES string of the molecule is c1ccc(-c2cc(-c3ccccc3)nc(-c3ccc(-c4ccc(-c5ccc6c(c5)-c5ccccc5C65CCCCC5)cc4)cc3)n2)cc1. The lowest BCUT2D eigenvalue weighted by Crippen LogP contribution is -2.27. The van der Waals surface area contributed by atoms with Gasteiger partial charge in [-0.15, -0.1) is 0 Å². The van der Waals surface area contributed by atoms with Gasteiger partial charge in [0.25, 0.3) is 0 Å². The van der Waals surface area contributed by atoms with Gasteiger partial charge in [0.1, 0.15) is 0 Å². The molecule has 1 saturated carbocycles. The molecule has 0 aliphatic heterocycles. The van der Waals surface area contributed by atoms with Crippen LogP contribution in [0.2, 0.25) is 0 Å². The van der Waals surface area contributed by atoms with Gasteiger partial charge in [-0.05, 0) is 69.5 Å². The molecular formula is C46H36N2. The molecule has 7 aromatic rings. The molecule has 2 heteroatoms. The Labute approximate surface area is 282 Å². The van der Waals surface area contributed by atoms with E-state index in [2.05, 4.69) is 146 Å². The van der Waals surface area contributed by atoms with Gasteiger partial charge in [0, 0.05) is 22.1 Å². The molecule has 1 fully saturated rings. The summed E-state index contributed by atoms with van der Waals surface area (Å²) < 4.78 is 0. The molecule has 0 saturated heterocycles. The molecule has 0 bridgehead atoms. The molecule has 9 rings (SSSR count). The maximum Gasteiger partial charge on any atom is 0.160 e. The molecule has 0 amide bonds. The molecule has 230 valence electrons. The van der Waals surface area contributed by atoms with E-state index in [0.29, 0.717) is 0 Å². The van der Waals surface area contributed by atoms with Crippen LogP contribution >= 0.6 is 0 Å². The molecule has 0 N–H and O–H groups in total. The summed E-state index contributed by atoms with van der Waals surface area (Å²) in [5.41, 5.74) is 16.1. The van der Waals surface area contributed by atoms with E-state index in [1.54, 1.807) is 5.56 Å². The van der Waals surface area contributed by atoms with Crippen molar-refractivity contribution in [2.75, 3.05) is 0 Å². The fraction of sp³-hybridized carbons (Fsp3) is 0.130. The number of rotatable bonds is 5. The first kappa shape index (κ1) is 28.6. The normalized spacial score (nSPS) is 14.4. The van der Waals surface area contributed by atoms with Crippen LogP contribution in [0.25, 0.3) is 67.3 Å². The zero-order valence-electron chi connectivity index (χ0n) is 26.9. The van der Waals surface area contributed by atoms with Crippen molar-refractivity contribution in [1.29, 1.82) is 0 Å². The summed E-state index contributed by atoms with van der Waals surface area (Å²) >= 11 is 0. The molecule has 1 spiro atoms. The smallest absolute Gasteiger partial charge is 0.160 e. The highest BCUT2D eigenvalue weighted by Gasteiger charge is 2.43. The Bertz CT molecular complexity index is 2170. The Morgan fingerprint density at radius 1 is 0.354 bits per heavy atom. The molecule has 6 aromatic carbocycles. The van der Waals surface area contributed by atoms with Crippen molar-refractivity contribution in [3.63, 3.8) is 0 Å². The van der Waals surface area contributed by atoms with Gasteiger partial charge in [0.05, 0.1) is 11.4 Å². The van der Waals surface area contributed by atoms with E-state index in [0.717, 1.165) is 33.9 Å². The summed E-state index contributed by atoms with van der Waals surface area (Å²) in [5, 5.41) is 0. The number of aromatic nitrogens is 2. The van der Waals surface area contributed by atoms with Crippen LogP contribution in [0.5, 0.6) is 0 Å². The van der Waals surface area contributed by atoms with Crippen molar-refractivity contribution in [3.8, 4) is 67.3 Å². The summed E-state index contributed by atoms with van der Waals surface area (Å²) in [6.45, 7) is 0. The van der Waals surface area contributed by atoms with Gasteiger partial charge in [-0.25, -0.2) is 9.97 Å². The molecule has 0 unspecified atom stereocenters. The molecule has 48 heavy (non-hydrogen) atoms. The first-order chi connectivity index (χ1) is 23.7. The highest BCUT2D eigenvalue weighted by molar-refractivity contribution is 5.85. The first-order valence-electron chi connectivity index (χ1n) is 17.2. The molecule has 2 aliphatic carbocycles.